The summed E-state index contributed by atoms with van der Waals surface area (Å²) in [6, 6.07) is 0. The summed E-state index contributed by atoms with van der Waals surface area (Å²) in [5, 5.41) is 40.3. The zero-order chi connectivity index (χ0) is 50.6. The normalized spacial score (nSPS) is 20.1. The first kappa shape index (κ1) is 64.1. The van der Waals surface area contributed by atoms with Crippen LogP contribution in [0.1, 0.15) is 168 Å². The Hall–Kier alpha value is -3.93. The Morgan fingerprint density at radius 3 is 1.24 bits per heavy atom. The molecule has 1 fully saturated rings. The molecule has 1 aliphatic heterocycles. The lowest BCUT2D eigenvalue weighted by Crippen LogP contribution is -2.59. The molecule has 0 saturated carbocycles. The maximum atomic E-state index is 12.9. The Balaban J connectivity index is 2.26. The molecule has 0 bridgehead atoms. The van der Waals surface area contributed by atoms with Gasteiger partial charge in [0.2, 0.25) is 0 Å². The fourth-order valence-electron chi connectivity index (χ4n) is 7.14. The van der Waals surface area contributed by atoms with Gasteiger partial charge in [-0.1, -0.05) is 192 Å². The standard InChI is InChI=1S/C61H96O9/c1-3-5-7-9-11-13-15-17-19-21-23-25-27-28-29-30-32-34-36-38-40-42-44-46-48-50-57(63)69-55(54-68-61-60(66)59(65)58(64)56(52-62)70-61)53-67-51-49-47-45-43-41-39-37-35-33-31-26-24-22-20-18-16-14-12-10-8-6-4-2/h5-8,11-14,17-20,23-26,28-29,32-35,39,41,55-56,58-62,64-66H,3-4,9-10,15-16,21-22,27,30-31,36-38,40,42-54H2,1-2H3/b7-5-,8-6-,13-11-,14-12-,19-17-,20-18-,25-23-,26-24-,29-28-,34-32-,35-33-,41-39-. The van der Waals surface area contributed by atoms with Crippen LogP contribution in [0, 0.1) is 0 Å². The molecule has 394 valence electrons. The molecule has 0 aromatic carbocycles. The highest BCUT2D eigenvalue weighted by molar-refractivity contribution is 5.69. The van der Waals surface area contributed by atoms with Crippen molar-refractivity contribution in [3.63, 3.8) is 0 Å². The van der Waals surface area contributed by atoms with E-state index in [0.29, 0.717) is 6.61 Å². The van der Waals surface area contributed by atoms with E-state index in [0.717, 1.165) is 148 Å². The second kappa shape index (κ2) is 50.0. The highest BCUT2D eigenvalue weighted by Gasteiger charge is 2.44. The van der Waals surface area contributed by atoms with Crippen molar-refractivity contribution in [2.24, 2.45) is 0 Å². The Bertz CT molecular complexity index is 1580. The van der Waals surface area contributed by atoms with Crippen LogP contribution < -0.4 is 0 Å². The molecule has 1 saturated heterocycles. The number of aliphatic hydroxyl groups is 4. The van der Waals surface area contributed by atoms with E-state index in [1.807, 2.05) is 0 Å². The molecule has 0 amide bonds. The van der Waals surface area contributed by atoms with Gasteiger partial charge in [0.15, 0.2) is 6.29 Å². The maximum Gasteiger partial charge on any atom is 0.306 e. The van der Waals surface area contributed by atoms with Gasteiger partial charge in [-0.15, -0.1) is 0 Å². The number of carbonyl (C=O) groups excluding carboxylic acids is 1. The fourth-order valence-corrected chi connectivity index (χ4v) is 7.14. The van der Waals surface area contributed by atoms with E-state index in [1.54, 1.807) is 0 Å². The van der Waals surface area contributed by atoms with Crippen molar-refractivity contribution < 1.29 is 44.2 Å². The van der Waals surface area contributed by atoms with Gasteiger partial charge in [-0.05, 0) is 116 Å². The van der Waals surface area contributed by atoms with Gasteiger partial charge < -0.3 is 39.4 Å². The molecule has 6 atom stereocenters. The van der Waals surface area contributed by atoms with Gasteiger partial charge >= 0.3 is 5.97 Å². The van der Waals surface area contributed by atoms with Gasteiger partial charge in [0.1, 0.15) is 30.5 Å². The van der Waals surface area contributed by atoms with E-state index < -0.39 is 43.4 Å². The number of esters is 1. The van der Waals surface area contributed by atoms with Gasteiger partial charge in [-0.3, -0.25) is 4.79 Å². The second-order valence-corrected chi connectivity index (χ2v) is 17.6. The molecule has 1 heterocycles. The monoisotopic (exact) mass is 973 g/mol. The van der Waals surface area contributed by atoms with Gasteiger partial charge in [0.05, 0.1) is 19.8 Å². The van der Waals surface area contributed by atoms with Gasteiger partial charge in [-0.2, -0.15) is 0 Å². The van der Waals surface area contributed by atoms with Crippen molar-refractivity contribution in [2.45, 2.75) is 205 Å². The largest absolute Gasteiger partial charge is 0.457 e. The summed E-state index contributed by atoms with van der Waals surface area (Å²) >= 11 is 0. The minimum atomic E-state index is -1.56. The molecular weight excluding hydrogens is 877 g/mol. The summed E-state index contributed by atoms with van der Waals surface area (Å²) in [5.41, 5.74) is 0. The zero-order valence-electron chi connectivity index (χ0n) is 43.4. The molecule has 0 spiro atoms. The van der Waals surface area contributed by atoms with Crippen LogP contribution in [0.4, 0.5) is 0 Å². The number of carbonyl (C=O) groups is 1. The van der Waals surface area contributed by atoms with E-state index in [1.165, 1.54) is 0 Å². The summed E-state index contributed by atoms with van der Waals surface area (Å²) in [4.78, 5) is 12.9. The smallest absolute Gasteiger partial charge is 0.306 e. The molecule has 4 N–H and O–H groups in total. The predicted molar refractivity (Wildman–Crippen MR) is 292 cm³/mol. The lowest BCUT2D eigenvalue weighted by molar-refractivity contribution is -0.305. The van der Waals surface area contributed by atoms with E-state index in [9.17, 15) is 25.2 Å². The molecule has 6 unspecified atom stereocenters. The molecule has 1 rings (SSSR count). The summed E-state index contributed by atoms with van der Waals surface area (Å²) in [5.74, 6) is -0.347. The zero-order valence-corrected chi connectivity index (χ0v) is 43.4. The molecule has 70 heavy (non-hydrogen) atoms. The molecular formula is C61H96O9. The minimum absolute atomic E-state index is 0.104. The Morgan fingerprint density at radius 2 is 0.829 bits per heavy atom. The maximum absolute atomic E-state index is 12.9. The van der Waals surface area contributed by atoms with E-state index in [2.05, 4.69) is 160 Å². The highest BCUT2D eigenvalue weighted by atomic mass is 16.7. The third kappa shape index (κ3) is 39.8. The van der Waals surface area contributed by atoms with Crippen molar-refractivity contribution in [3.8, 4) is 0 Å². The van der Waals surface area contributed by atoms with Crippen molar-refractivity contribution in [3.05, 3.63) is 146 Å². The molecule has 9 heteroatoms. The number of allylic oxidation sites excluding steroid dienone is 24. The van der Waals surface area contributed by atoms with Gasteiger partial charge in [0.25, 0.3) is 0 Å². The highest BCUT2D eigenvalue weighted by Crippen LogP contribution is 2.22. The summed E-state index contributed by atoms with van der Waals surface area (Å²) in [6.45, 7) is 4.20. The number of hydrogen-bond donors (Lipinski definition) is 4. The van der Waals surface area contributed by atoms with Crippen LogP contribution >= 0.6 is 0 Å². The number of hydrogen-bond acceptors (Lipinski definition) is 9. The van der Waals surface area contributed by atoms with Crippen molar-refractivity contribution in [1.29, 1.82) is 0 Å². The number of rotatable bonds is 44. The average molecular weight is 973 g/mol. The average Bonchev–Trinajstić information content (AvgIpc) is 3.36. The van der Waals surface area contributed by atoms with Crippen molar-refractivity contribution in [1.82, 2.24) is 0 Å². The first-order valence-corrected chi connectivity index (χ1v) is 26.9. The number of unbranched alkanes of at least 4 members (excludes halogenated alkanes) is 9. The summed E-state index contributed by atoms with van der Waals surface area (Å²) in [6.07, 6.45) is 68.8. The second-order valence-electron chi connectivity index (χ2n) is 17.6. The fraction of sp³-hybridized carbons (Fsp3) is 0.590. The van der Waals surface area contributed by atoms with Crippen LogP contribution in [0.25, 0.3) is 0 Å². The van der Waals surface area contributed by atoms with Gasteiger partial charge in [0, 0.05) is 13.0 Å². The van der Waals surface area contributed by atoms with Crippen LogP contribution in [0.3, 0.4) is 0 Å². The van der Waals surface area contributed by atoms with Gasteiger partial charge in [-0.25, -0.2) is 0 Å². The first-order chi connectivity index (χ1) is 34.4. The lowest BCUT2D eigenvalue weighted by atomic mass is 9.99. The predicted octanol–water partition coefficient (Wildman–Crippen LogP) is 13.8. The molecule has 0 aromatic heterocycles. The number of aliphatic hydroxyl groups excluding tert-OH is 4. The van der Waals surface area contributed by atoms with Crippen LogP contribution in [0.15, 0.2) is 146 Å². The van der Waals surface area contributed by atoms with E-state index in [-0.39, 0.29) is 25.6 Å². The van der Waals surface area contributed by atoms with Crippen LogP contribution in [-0.4, -0.2) is 89.6 Å². The van der Waals surface area contributed by atoms with Crippen LogP contribution in [-0.2, 0) is 23.7 Å². The summed E-state index contributed by atoms with van der Waals surface area (Å²) < 4.78 is 22.9. The van der Waals surface area contributed by atoms with Crippen LogP contribution in [0.2, 0.25) is 0 Å². The molecule has 0 radical (unpaired) electrons. The first-order valence-electron chi connectivity index (χ1n) is 26.9. The van der Waals surface area contributed by atoms with E-state index >= 15 is 0 Å². The topological polar surface area (TPSA) is 135 Å². The van der Waals surface area contributed by atoms with Crippen LogP contribution in [0.5, 0.6) is 0 Å². The third-order valence-electron chi connectivity index (χ3n) is 11.3. The Labute approximate surface area is 425 Å². The quantitative estimate of drug-likeness (QED) is 0.0267. The van der Waals surface area contributed by atoms with Crippen molar-refractivity contribution >= 4 is 5.97 Å². The third-order valence-corrected chi connectivity index (χ3v) is 11.3. The molecule has 1 aliphatic rings. The Kier molecular flexibility index (Phi) is 45.8. The Morgan fingerprint density at radius 1 is 0.457 bits per heavy atom. The van der Waals surface area contributed by atoms with E-state index in [4.69, 9.17) is 18.9 Å². The number of ether oxygens (including phenoxy) is 4. The molecule has 0 aromatic rings. The summed E-state index contributed by atoms with van der Waals surface area (Å²) in [7, 11) is 0. The molecule has 9 nitrogen and oxygen atoms in total. The lowest BCUT2D eigenvalue weighted by Gasteiger charge is -2.39. The SMILES string of the molecule is CC/C=C\C/C=C\C/C=C\C/C=C\C/C=C\C/C=C\CCCCCCCCC(=O)OC(COCCCCC/C=C\C/C=C\C/C=C\C/C=C\C/C=C\C/C=C\CC)COC1OC(CO)C(O)C(O)C1O. The molecule has 0 aliphatic carbocycles. The minimum Gasteiger partial charge on any atom is -0.457 e. The van der Waals surface area contributed by atoms with Crippen molar-refractivity contribution in [2.75, 3.05) is 26.4 Å².